The van der Waals surface area contributed by atoms with Crippen LogP contribution in [-0.2, 0) is 9.59 Å². The first kappa shape index (κ1) is 17.2. The molecule has 4 N–H and O–H groups in total. The molecule has 0 spiro atoms. The number of hydrogen-bond acceptors (Lipinski definition) is 3. The molecular weight excluding hydrogens is 250 g/mol. The maximum atomic E-state index is 11.7. The average molecular weight is 273 g/mol. The van der Waals surface area contributed by atoms with Gasteiger partial charge in [0.1, 0.15) is 12.1 Å². The van der Waals surface area contributed by atoms with Crippen molar-refractivity contribution in [3.8, 4) is 0 Å². The lowest BCUT2D eigenvalue weighted by Gasteiger charge is -2.28. The minimum atomic E-state index is -1.12. The van der Waals surface area contributed by atoms with Gasteiger partial charge in [0.25, 0.3) is 0 Å². The van der Waals surface area contributed by atoms with E-state index < -0.39 is 29.5 Å². The molecule has 0 radical (unpaired) electrons. The quantitative estimate of drug-likeness (QED) is 0.578. The molecule has 0 saturated carbocycles. The lowest BCUT2D eigenvalue weighted by molar-refractivity contribution is -0.141. The van der Waals surface area contributed by atoms with Gasteiger partial charge in [0.05, 0.1) is 0 Å². The van der Waals surface area contributed by atoms with E-state index in [0.29, 0.717) is 6.54 Å². The van der Waals surface area contributed by atoms with Crippen molar-refractivity contribution >= 4 is 17.9 Å². The van der Waals surface area contributed by atoms with E-state index in [-0.39, 0.29) is 5.91 Å². The summed E-state index contributed by atoms with van der Waals surface area (Å²) < 4.78 is 0. The Morgan fingerprint density at radius 3 is 2.05 bits per heavy atom. The molecule has 0 bridgehead atoms. The molecule has 7 heteroatoms. The molecule has 0 aromatic rings. The van der Waals surface area contributed by atoms with Crippen molar-refractivity contribution < 1.29 is 19.5 Å². The van der Waals surface area contributed by atoms with Crippen LogP contribution in [0.5, 0.6) is 0 Å². The molecule has 2 atom stereocenters. The second-order valence-corrected chi connectivity index (χ2v) is 5.37. The topological polar surface area (TPSA) is 108 Å². The Bertz CT molecular complexity index is 349. The van der Waals surface area contributed by atoms with Crippen LogP contribution < -0.4 is 16.0 Å². The van der Waals surface area contributed by atoms with Gasteiger partial charge in [0.15, 0.2) is 0 Å². The highest BCUT2D eigenvalue weighted by Crippen LogP contribution is 2.19. The van der Waals surface area contributed by atoms with Crippen molar-refractivity contribution in [1.29, 1.82) is 0 Å². The first-order valence-electron chi connectivity index (χ1n) is 6.17. The highest BCUT2D eigenvalue weighted by molar-refractivity contribution is 5.88. The summed E-state index contributed by atoms with van der Waals surface area (Å²) in [5.74, 6) is -1.44. The number of carboxylic acids is 1. The van der Waals surface area contributed by atoms with Crippen LogP contribution in [-0.4, -0.2) is 41.6 Å². The van der Waals surface area contributed by atoms with E-state index in [9.17, 15) is 14.4 Å². The summed E-state index contributed by atoms with van der Waals surface area (Å²) in [6.07, 6.45) is 0. The van der Waals surface area contributed by atoms with Crippen molar-refractivity contribution in [2.75, 3.05) is 6.54 Å². The number of carboxylic acid groups (broad SMARTS) is 1. The zero-order chi connectivity index (χ0) is 15.2. The Morgan fingerprint density at radius 2 is 1.68 bits per heavy atom. The Morgan fingerprint density at radius 1 is 1.16 bits per heavy atom. The fourth-order valence-electron chi connectivity index (χ4n) is 1.41. The molecular formula is C12H23N3O4. The number of likely N-dealkylation sites (N-methyl/N-ethyl adjacent to an activating group) is 1. The number of urea groups is 1. The van der Waals surface area contributed by atoms with E-state index in [4.69, 9.17) is 5.11 Å². The van der Waals surface area contributed by atoms with Crippen LogP contribution in [0.15, 0.2) is 0 Å². The van der Waals surface area contributed by atoms with E-state index >= 15 is 0 Å². The van der Waals surface area contributed by atoms with Crippen LogP contribution in [0.1, 0.15) is 34.6 Å². The molecule has 0 aromatic carbocycles. The number of carbonyl (C=O) groups excluding carboxylic acids is 2. The van der Waals surface area contributed by atoms with Gasteiger partial charge in [-0.3, -0.25) is 4.79 Å². The summed E-state index contributed by atoms with van der Waals surface area (Å²) in [5, 5.41) is 16.4. The highest BCUT2D eigenvalue weighted by atomic mass is 16.4. The Hall–Kier alpha value is -1.79. The molecule has 0 rings (SSSR count). The number of aliphatic carboxylic acids is 1. The standard InChI is InChI=1S/C12H23N3O4/c1-6-13-9(16)7(2)14-11(19)15-8(10(17)18)12(3,4)5/h7-8H,6H2,1-5H3,(H,13,16)(H,17,18)(H2,14,15,19). The van der Waals surface area contributed by atoms with Crippen molar-refractivity contribution in [2.45, 2.75) is 46.7 Å². The second kappa shape index (κ2) is 6.96. The maximum Gasteiger partial charge on any atom is 0.326 e. The van der Waals surface area contributed by atoms with Gasteiger partial charge in [-0.05, 0) is 19.3 Å². The summed E-state index contributed by atoms with van der Waals surface area (Å²) in [6, 6.07) is -2.44. The minimum Gasteiger partial charge on any atom is -0.480 e. The van der Waals surface area contributed by atoms with Gasteiger partial charge in [0.2, 0.25) is 5.91 Å². The SMILES string of the molecule is CCNC(=O)C(C)NC(=O)NC(C(=O)O)C(C)(C)C. The summed E-state index contributed by atoms with van der Waals surface area (Å²) in [5.41, 5.74) is -0.627. The molecule has 0 aliphatic heterocycles. The predicted octanol–water partition coefficient (Wildman–Crippen LogP) is 0.310. The lowest BCUT2D eigenvalue weighted by Crippen LogP contribution is -2.55. The van der Waals surface area contributed by atoms with E-state index in [1.54, 1.807) is 27.7 Å². The Labute approximate surface area is 113 Å². The summed E-state index contributed by atoms with van der Waals surface area (Å²) in [6.45, 7) is 8.88. The smallest absolute Gasteiger partial charge is 0.326 e. The molecule has 2 unspecified atom stereocenters. The van der Waals surface area contributed by atoms with Crippen LogP contribution in [0, 0.1) is 5.41 Å². The summed E-state index contributed by atoms with van der Waals surface area (Å²) in [7, 11) is 0. The molecule has 110 valence electrons. The van der Waals surface area contributed by atoms with Crippen LogP contribution >= 0.6 is 0 Å². The van der Waals surface area contributed by atoms with E-state index in [1.807, 2.05) is 0 Å². The average Bonchev–Trinajstić information content (AvgIpc) is 2.24. The lowest BCUT2D eigenvalue weighted by atomic mass is 9.87. The summed E-state index contributed by atoms with van der Waals surface area (Å²) in [4.78, 5) is 34.2. The zero-order valence-corrected chi connectivity index (χ0v) is 12.0. The second-order valence-electron chi connectivity index (χ2n) is 5.37. The molecule has 19 heavy (non-hydrogen) atoms. The van der Waals surface area contributed by atoms with Crippen molar-refractivity contribution in [3.63, 3.8) is 0 Å². The van der Waals surface area contributed by atoms with Gasteiger partial charge in [-0.25, -0.2) is 9.59 Å². The van der Waals surface area contributed by atoms with Crippen molar-refractivity contribution in [3.05, 3.63) is 0 Å². The van der Waals surface area contributed by atoms with Gasteiger partial charge in [-0.1, -0.05) is 20.8 Å². The first-order chi connectivity index (χ1) is 8.59. The van der Waals surface area contributed by atoms with E-state index in [2.05, 4.69) is 16.0 Å². The number of nitrogens with one attached hydrogen (secondary N) is 3. The molecule has 0 aliphatic carbocycles. The fraction of sp³-hybridized carbons (Fsp3) is 0.750. The molecule has 0 aliphatic rings. The molecule has 3 amide bonds. The van der Waals surface area contributed by atoms with Gasteiger partial charge < -0.3 is 21.1 Å². The van der Waals surface area contributed by atoms with Crippen LogP contribution in [0.4, 0.5) is 4.79 Å². The molecule has 0 heterocycles. The van der Waals surface area contributed by atoms with E-state index in [0.717, 1.165) is 0 Å². The van der Waals surface area contributed by atoms with Crippen LogP contribution in [0.2, 0.25) is 0 Å². The molecule has 0 aromatic heterocycles. The Kier molecular flexibility index (Phi) is 6.31. The highest BCUT2D eigenvalue weighted by Gasteiger charge is 2.33. The summed E-state index contributed by atoms with van der Waals surface area (Å²) >= 11 is 0. The third-order valence-electron chi connectivity index (χ3n) is 2.48. The van der Waals surface area contributed by atoms with Gasteiger partial charge in [-0.2, -0.15) is 0 Å². The van der Waals surface area contributed by atoms with E-state index in [1.165, 1.54) is 6.92 Å². The monoisotopic (exact) mass is 273 g/mol. The van der Waals surface area contributed by atoms with Gasteiger partial charge >= 0.3 is 12.0 Å². The normalized spacial score (nSPS) is 14.2. The molecule has 0 saturated heterocycles. The molecule has 0 fully saturated rings. The largest absolute Gasteiger partial charge is 0.480 e. The number of hydrogen-bond donors (Lipinski definition) is 4. The van der Waals surface area contributed by atoms with Gasteiger partial charge in [0, 0.05) is 6.54 Å². The van der Waals surface area contributed by atoms with Crippen LogP contribution in [0.3, 0.4) is 0 Å². The number of rotatable bonds is 5. The van der Waals surface area contributed by atoms with Crippen LogP contribution in [0.25, 0.3) is 0 Å². The first-order valence-corrected chi connectivity index (χ1v) is 6.17. The number of carbonyl (C=O) groups is 3. The third-order valence-corrected chi connectivity index (χ3v) is 2.48. The minimum absolute atomic E-state index is 0.319. The zero-order valence-electron chi connectivity index (χ0n) is 12.0. The van der Waals surface area contributed by atoms with Gasteiger partial charge in [-0.15, -0.1) is 0 Å². The maximum absolute atomic E-state index is 11.7. The van der Waals surface area contributed by atoms with Crippen molar-refractivity contribution in [2.24, 2.45) is 5.41 Å². The van der Waals surface area contributed by atoms with Crippen molar-refractivity contribution in [1.82, 2.24) is 16.0 Å². The predicted molar refractivity (Wildman–Crippen MR) is 70.7 cm³/mol. The third kappa shape index (κ3) is 6.08. The Balaban J connectivity index is 4.52. The fourth-order valence-corrected chi connectivity index (χ4v) is 1.41. The number of amides is 3. The molecule has 7 nitrogen and oxygen atoms in total.